The minimum Gasteiger partial charge on any atom is -0.398 e. The quantitative estimate of drug-likeness (QED) is 0.830. The predicted octanol–water partition coefficient (Wildman–Crippen LogP) is 3.02. The van der Waals surface area contributed by atoms with Crippen LogP contribution >= 0.6 is 27.3 Å². The second-order valence-electron chi connectivity index (χ2n) is 3.28. The number of carbonyl (C=O) groups is 1. The molecule has 0 aliphatic rings. The van der Waals surface area contributed by atoms with Crippen molar-refractivity contribution < 1.29 is 13.6 Å². The van der Waals surface area contributed by atoms with E-state index in [1.54, 1.807) is 0 Å². The molecule has 3 N–H and O–H groups in total. The lowest BCUT2D eigenvalue weighted by Gasteiger charge is -2.05. The smallest absolute Gasteiger partial charge is 0.259 e. The van der Waals surface area contributed by atoms with Crippen LogP contribution in [0, 0.1) is 11.6 Å². The van der Waals surface area contributed by atoms with Crippen LogP contribution in [0.5, 0.6) is 0 Å². The summed E-state index contributed by atoms with van der Waals surface area (Å²) >= 11 is 4.37. The first-order valence-corrected chi connectivity index (χ1v) is 6.25. The largest absolute Gasteiger partial charge is 0.398 e. The van der Waals surface area contributed by atoms with Crippen LogP contribution in [0.2, 0.25) is 0 Å². The van der Waals surface area contributed by atoms with Gasteiger partial charge in [0, 0.05) is 11.8 Å². The molecule has 2 aromatic rings. The molecule has 0 saturated heterocycles. The first-order chi connectivity index (χ1) is 8.47. The van der Waals surface area contributed by atoms with Crippen molar-refractivity contribution in [2.24, 2.45) is 0 Å². The summed E-state index contributed by atoms with van der Waals surface area (Å²) in [6, 6.07) is 1.52. The summed E-state index contributed by atoms with van der Waals surface area (Å²) in [4.78, 5) is 15.7. The van der Waals surface area contributed by atoms with Crippen molar-refractivity contribution in [2.45, 2.75) is 0 Å². The van der Waals surface area contributed by atoms with Crippen molar-refractivity contribution in [3.8, 4) is 0 Å². The molecule has 1 amide bonds. The molecule has 0 unspecified atom stereocenters. The van der Waals surface area contributed by atoms with Crippen molar-refractivity contribution >= 4 is 44.0 Å². The number of carbonyl (C=O) groups excluding carboxylic acids is 1. The highest BCUT2D eigenvalue weighted by atomic mass is 79.9. The van der Waals surface area contributed by atoms with E-state index in [4.69, 9.17) is 5.73 Å². The molecule has 2 rings (SSSR count). The summed E-state index contributed by atoms with van der Waals surface area (Å²) in [7, 11) is 0. The molecule has 0 saturated carbocycles. The molecule has 4 nitrogen and oxygen atoms in total. The molecule has 94 valence electrons. The second kappa shape index (κ2) is 4.99. The van der Waals surface area contributed by atoms with E-state index in [0.717, 1.165) is 15.9 Å². The number of aromatic nitrogens is 1. The summed E-state index contributed by atoms with van der Waals surface area (Å²) in [6.45, 7) is 0. The molecule has 0 fully saturated rings. The third-order valence-electron chi connectivity index (χ3n) is 2.04. The maximum atomic E-state index is 13.0. The Bertz CT molecular complexity index is 617. The Hall–Kier alpha value is -1.54. The van der Waals surface area contributed by atoms with Crippen molar-refractivity contribution in [2.75, 3.05) is 11.1 Å². The fraction of sp³-hybridized carbons (Fsp3) is 0. The van der Waals surface area contributed by atoms with Gasteiger partial charge in [-0.15, -0.1) is 0 Å². The lowest BCUT2D eigenvalue weighted by molar-refractivity contribution is 0.102. The summed E-state index contributed by atoms with van der Waals surface area (Å²) < 4.78 is 26.6. The average molecular weight is 334 g/mol. The van der Waals surface area contributed by atoms with Crippen LogP contribution in [-0.4, -0.2) is 10.9 Å². The Morgan fingerprint density at radius 3 is 2.67 bits per heavy atom. The summed E-state index contributed by atoms with van der Waals surface area (Å²) in [5, 5.41) is 2.77. The number of amides is 1. The second-order valence-corrected chi connectivity index (χ2v) is 5.69. The fourth-order valence-electron chi connectivity index (χ4n) is 1.24. The normalized spacial score (nSPS) is 10.4. The molecule has 1 aromatic heterocycles. The van der Waals surface area contributed by atoms with E-state index in [-0.39, 0.29) is 11.3 Å². The summed E-state index contributed by atoms with van der Waals surface area (Å²) in [6.07, 6.45) is 1.51. The number of hydrogen-bond acceptors (Lipinski definition) is 4. The van der Waals surface area contributed by atoms with Crippen LogP contribution in [-0.2, 0) is 0 Å². The highest BCUT2D eigenvalue weighted by molar-refractivity contribution is 9.11. The molecule has 0 spiro atoms. The Labute approximate surface area is 113 Å². The van der Waals surface area contributed by atoms with Crippen LogP contribution in [0.3, 0.4) is 0 Å². The Balaban J connectivity index is 2.26. The lowest BCUT2D eigenvalue weighted by atomic mass is 10.1. The number of anilines is 2. The molecule has 0 bridgehead atoms. The summed E-state index contributed by atoms with van der Waals surface area (Å²) in [5.74, 6) is -2.87. The number of halogens is 3. The van der Waals surface area contributed by atoms with E-state index in [9.17, 15) is 13.6 Å². The van der Waals surface area contributed by atoms with Gasteiger partial charge in [-0.2, -0.15) is 0 Å². The van der Waals surface area contributed by atoms with Crippen LogP contribution < -0.4 is 11.1 Å². The number of nitrogen functional groups attached to an aromatic ring is 1. The Kier molecular flexibility index (Phi) is 3.58. The number of hydrogen-bond donors (Lipinski definition) is 2. The molecule has 8 heteroatoms. The number of nitrogens with zero attached hydrogens (tertiary/aromatic N) is 1. The zero-order chi connectivity index (χ0) is 13.3. The maximum absolute atomic E-state index is 13.0. The highest BCUT2D eigenvalue weighted by Gasteiger charge is 2.15. The van der Waals surface area contributed by atoms with Gasteiger partial charge >= 0.3 is 0 Å². The van der Waals surface area contributed by atoms with E-state index < -0.39 is 17.5 Å². The molecule has 0 radical (unpaired) electrons. The maximum Gasteiger partial charge on any atom is 0.259 e. The minimum absolute atomic E-state index is 0.137. The molecular weight excluding hydrogens is 328 g/mol. The van der Waals surface area contributed by atoms with E-state index >= 15 is 0 Å². The monoisotopic (exact) mass is 333 g/mol. The first-order valence-electron chi connectivity index (χ1n) is 4.64. The molecule has 0 aliphatic heterocycles. The zero-order valence-electron chi connectivity index (χ0n) is 8.71. The molecule has 0 atom stereocenters. The zero-order valence-corrected chi connectivity index (χ0v) is 11.1. The first kappa shape index (κ1) is 12.9. The topological polar surface area (TPSA) is 68.0 Å². The fourth-order valence-corrected chi connectivity index (χ4v) is 2.34. The number of rotatable bonds is 2. The van der Waals surface area contributed by atoms with Gasteiger partial charge in [0.05, 0.1) is 15.5 Å². The summed E-state index contributed by atoms with van der Waals surface area (Å²) in [5.41, 5.74) is 5.18. The number of nitrogens with two attached hydrogens (primary N) is 1. The number of thiazole rings is 1. The van der Waals surface area contributed by atoms with Gasteiger partial charge in [-0.05, 0) is 22.0 Å². The Morgan fingerprint density at radius 2 is 2.06 bits per heavy atom. The van der Waals surface area contributed by atoms with Crippen molar-refractivity contribution in [3.63, 3.8) is 0 Å². The average Bonchev–Trinajstić information content (AvgIpc) is 2.69. The van der Waals surface area contributed by atoms with E-state index in [2.05, 4.69) is 26.2 Å². The van der Waals surface area contributed by atoms with Gasteiger partial charge in [-0.1, -0.05) is 11.3 Å². The van der Waals surface area contributed by atoms with Crippen LogP contribution in [0.1, 0.15) is 10.4 Å². The Morgan fingerprint density at radius 1 is 1.39 bits per heavy atom. The van der Waals surface area contributed by atoms with E-state index in [1.165, 1.54) is 17.5 Å². The SMILES string of the molecule is Nc1cc(F)c(F)cc1C(=O)Nc1ncc(Br)s1. The minimum atomic E-state index is -1.13. The van der Waals surface area contributed by atoms with Crippen molar-refractivity contribution in [1.82, 2.24) is 4.98 Å². The molecule has 1 heterocycles. The van der Waals surface area contributed by atoms with Crippen molar-refractivity contribution in [1.29, 1.82) is 0 Å². The molecule has 0 aliphatic carbocycles. The van der Waals surface area contributed by atoms with Gasteiger partial charge in [-0.25, -0.2) is 13.8 Å². The molecule has 1 aromatic carbocycles. The van der Waals surface area contributed by atoms with Gasteiger partial charge in [0.1, 0.15) is 0 Å². The lowest BCUT2D eigenvalue weighted by Crippen LogP contribution is -2.14. The third-order valence-corrected chi connectivity index (χ3v) is 3.43. The van der Waals surface area contributed by atoms with Crippen LogP contribution in [0.25, 0.3) is 0 Å². The molecule has 18 heavy (non-hydrogen) atoms. The van der Waals surface area contributed by atoms with Gasteiger partial charge in [-0.3, -0.25) is 10.1 Å². The van der Waals surface area contributed by atoms with Gasteiger partial charge < -0.3 is 5.73 Å². The van der Waals surface area contributed by atoms with E-state index in [1.807, 2.05) is 0 Å². The van der Waals surface area contributed by atoms with Gasteiger partial charge in [0.15, 0.2) is 16.8 Å². The number of benzene rings is 1. The third kappa shape index (κ3) is 2.65. The van der Waals surface area contributed by atoms with Crippen LogP contribution in [0.15, 0.2) is 22.1 Å². The predicted molar refractivity (Wildman–Crippen MR) is 68.5 cm³/mol. The van der Waals surface area contributed by atoms with Crippen LogP contribution in [0.4, 0.5) is 19.6 Å². The highest BCUT2D eigenvalue weighted by Crippen LogP contribution is 2.24. The number of nitrogens with one attached hydrogen (secondary N) is 1. The standard InChI is InChI=1S/C10H6BrF2N3OS/c11-8-3-15-10(18-8)16-9(17)4-1-5(12)6(13)2-7(4)14/h1-3H,14H2,(H,15,16,17). The van der Waals surface area contributed by atoms with Gasteiger partial charge in [0.25, 0.3) is 5.91 Å². The molecular formula is C10H6BrF2N3OS. The van der Waals surface area contributed by atoms with Gasteiger partial charge in [0.2, 0.25) is 0 Å². The van der Waals surface area contributed by atoms with E-state index in [0.29, 0.717) is 5.13 Å². The van der Waals surface area contributed by atoms with Crippen molar-refractivity contribution in [3.05, 3.63) is 39.3 Å².